The number of piperidine rings is 1. The number of fused-ring (bicyclic) bond motifs is 2. The van der Waals surface area contributed by atoms with Crippen molar-refractivity contribution in [1.29, 1.82) is 0 Å². The predicted octanol–water partition coefficient (Wildman–Crippen LogP) is 1.60. The summed E-state index contributed by atoms with van der Waals surface area (Å²) < 4.78 is 1.59. The van der Waals surface area contributed by atoms with Crippen LogP contribution in [0.25, 0.3) is 6.08 Å². The van der Waals surface area contributed by atoms with E-state index in [2.05, 4.69) is 21.4 Å². The fraction of sp³-hybridized carbons (Fsp3) is 0.364. The number of aromatic nitrogens is 3. The van der Waals surface area contributed by atoms with Gasteiger partial charge in [0.25, 0.3) is 11.5 Å². The zero-order valence-corrected chi connectivity index (χ0v) is 16.4. The van der Waals surface area contributed by atoms with Crippen LogP contribution in [0.5, 0.6) is 0 Å². The highest BCUT2D eigenvalue weighted by molar-refractivity contribution is 5.98. The van der Waals surface area contributed by atoms with Gasteiger partial charge in [0, 0.05) is 62.5 Å². The van der Waals surface area contributed by atoms with E-state index >= 15 is 0 Å². The summed E-state index contributed by atoms with van der Waals surface area (Å²) in [6.45, 7) is 5.93. The van der Waals surface area contributed by atoms with Crippen LogP contribution < -0.4 is 10.5 Å². The highest BCUT2D eigenvalue weighted by atomic mass is 16.2. The molecule has 0 aromatic carbocycles. The summed E-state index contributed by atoms with van der Waals surface area (Å²) in [5, 5.41) is 0. The van der Waals surface area contributed by atoms with Crippen molar-refractivity contribution in [3.8, 4) is 0 Å². The Morgan fingerprint density at radius 3 is 2.86 bits per heavy atom. The lowest BCUT2D eigenvalue weighted by molar-refractivity contribution is 0.0769. The summed E-state index contributed by atoms with van der Waals surface area (Å²) in [4.78, 5) is 38.4. The molecule has 2 unspecified atom stereocenters. The van der Waals surface area contributed by atoms with Crippen molar-refractivity contribution in [1.82, 2.24) is 19.4 Å². The minimum atomic E-state index is -0.0344. The molecule has 1 amide bonds. The molecule has 0 bridgehead atoms. The SMILES string of the molecule is C=CCn1cc(C(=O)N(C)C2C3CN(c4ccncn4)CC32)c2c(c1=O)CC=C2. The maximum atomic E-state index is 13.4. The number of amides is 1. The van der Waals surface area contributed by atoms with E-state index in [0.29, 0.717) is 35.9 Å². The summed E-state index contributed by atoms with van der Waals surface area (Å²) in [5.41, 5.74) is 2.06. The molecule has 3 heterocycles. The molecule has 148 valence electrons. The van der Waals surface area contributed by atoms with Crippen LogP contribution in [-0.4, -0.2) is 51.5 Å². The van der Waals surface area contributed by atoms with Crippen molar-refractivity contribution in [2.75, 3.05) is 25.0 Å². The second-order valence-electron chi connectivity index (χ2n) is 7.99. The van der Waals surface area contributed by atoms with E-state index in [4.69, 9.17) is 0 Å². The van der Waals surface area contributed by atoms with E-state index in [1.54, 1.807) is 29.4 Å². The molecule has 7 nitrogen and oxygen atoms in total. The zero-order chi connectivity index (χ0) is 20.1. The molecule has 1 saturated carbocycles. The van der Waals surface area contributed by atoms with E-state index in [1.807, 2.05) is 30.2 Å². The molecule has 5 rings (SSSR count). The van der Waals surface area contributed by atoms with Crippen molar-refractivity contribution >= 4 is 17.8 Å². The normalized spacial score (nSPS) is 23.6. The van der Waals surface area contributed by atoms with Crippen LogP contribution in [0.2, 0.25) is 0 Å². The van der Waals surface area contributed by atoms with Gasteiger partial charge in [-0.1, -0.05) is 18.2 Å². The largest absolute Gasteiger partial charge is 0.356 e. The maximum Gasteiger partial charge on any atom is 0.255 e. The third-order valence-electron chi connectivity index (χ3n) is 6.39. The molecular formula is C22H23N5O2. The van der Waals surface area contributed by atoms with Gasteiger partial charge in [0.15, 0.2) is 0 Å². The summed E-state index contributed by atoms with van der Waals surface area (Å²) in [7, 11) is 1.88. The van der Waals surface area contributed by atoms with Crippen LogP contribution in [0.3, 0.4) is 0 Å². The average Bonchev–Trinajstić information content (AvgIpc) is 3.11. The molecule has 0 N–H and O–H groups in total. The van der Waals surface area contributed by atoms with Crippen LogP contribution in [0, 0.1) is 11.8 Å². The van der Waals surface area contributed by atoms with E-state index in [-0.39, 0.29) is 17.5 Å². The molecule has 29 heavy (non-hydrogen) atoms. The summed E-state index contributed by atoms with van der Waals surface area (Å²) in [5.74, 6) is 1.85. The maximum absolute atomic E-state index is 13.4. The first-order valence-corrected chi connectivity index (χ1v) is 9.92. The molecule has 0 spiro atoms. The minimum Gasteiger partial charge on any atom is -0.356 e. The standard InChI is InChI=1S/C22H23N5O2/c1-3-9-26-12-18(14-5-4-6-15(14)22(26)29)21(28)25(2)20-16-10-27(11-17(16)20)19-7-8-23-13-24-19/h3-5,7-8,12-13,16-17,20H,1,6,9-11H2,2H3. The number of carbonyl (C=O) groups is 1. The Kier molecular flexibility index (Phi) is 4.12. The van der Waals surface area contributed by atoms with Crippen molar-refractivity contribution < 1.29 is 4.79 Å². The molecule has 2 aromatic rings. The van der Waals surface area contributed by atoms with Crippen molar-refractivity contribution in [3.05, 3.63) is 70.6 Å². The number of nitrogens with zero attached hydrogens (tertiary/aromatic N) is 5. The van der Waals surface area contributed by atoms with Gasteiger partial charge in [-0.25, -0.2) is 9.97 Å². The van der Waals surface area contributed by atoms with Crippen LogP contribution >= 0.6 is 0 Å². The average molecular weight is 389 g/mol. The van der Waals surface area contributed by atoms with Gasteiger partial charge >= 0.3 is 0 Å². The predicted molar refractivity (Wildman–Crippen MR) is 111 cm³/mol. The molecule has 1 saturated heterocycles. The van der Waals surface area contributed by atoms with Crippen LogP contribution in [0.1, 0.15) is 21.5 Å². The molecule has 7 heteroatoms. The van der Waals surface area contributed by atoms with Crippen LogP contribution in [-0.2, 0) is 13.0 Å². The van der Waals surface area contributed by atoms with Crippen LogP contribution in [0.15, 0.2) is 48.3 Å². The van der Waals surface area contributed by atoms with Gasteiger partial charge in [-0.2, -0.15) is 0 Å². The van der Waals surface area contributed by atoms with Crippen LogP contribution in [0.4, 0.5) is 5.82 Å². The number of rotatable bonds is 5. The van der Waals surface area contributed by atoms with Gasteiger partial charge in [-0.3, -0.25) is 9.59 Å². The first-order chi connectivity index (χ1) is 14.1. The van der Waals surface area contributed by atoms with Crippen molar-refractivity contribution in [3.63, 3.8) is 0 Å². The van der Waals surface area contributed by atoms with E-state index in [1.165, 1.54) is 0 Å². The first kappa shape index (κ1) is 17.8. The van der Waals surface area contributed by atoms with E-state index in [0.717, 1.165) is 24.5 Å². The number of allylic oxidation sites excluding steroid dienone is 2. The molecule has 2 atom stereocenters. The number of anilines is 1. The van der Waals surface area contributed by atoms with Crippen molar-refractivity contribution in [2.45, 2.75) is 19.0 Å². The lowest BCUT2D eigenvalue weighted by Crippen LogP contribution is -2.37. The Morgan fingerprint density at radius 2 is 2.17 bits per heavy atom. The fourth-order valence-electron chi connectivity index (χ4n) is 4.92. The van der Waals surface area contributed by atoms with E-state index in [9.17, 15) is 9.59 Å². The molecule has 2 aliphatic carbocycles. The van der Waals surface area contributed by atoms with Gasteiger partial charge in [-0.15, -0.1) is 6.58 Å². The highest BCUT2D eigenvalue weighted by Crippen LogP contribution is 2.49. The van der Waals surface area contributed by atoms with Gasteiger partial charge in [0.2, 0.25) is 0 Å². The Balaban J connectivity index is 1.36. The quantitative estimate of drug-likeness (QED) is 0.727. The fourth-order valence-corrected chi connectivity index (χ4v) is 4.92. The van der Waals surface area contributed by atoms with Gasteiger partial charge in [-0.05, 0) is 18.1 Å². The number of hydrogen-bond donors (Lipinski definition) is 0. The molecule has 2 aromatic heterocycles. The Bertz CT molecular complexity index is 1060. The topological polar surface area (TPSA) is 71.3 Å². The molecule has 2 fully saturated rings. The third kappa shape index (κ3) is 2.80. The first-order valence-electron chi connectivity index (χ1n) is 9.92. The summed E-state index contributed by atoms with van der Waals surface area (Å²) in [6.07, 6.45) is 11.1. The smallest absolute Gasteiger partial charge is 0.255 e. The second kappa shape index (κ2) is 6.69. The minimum absolute atomic E-state index is 0.0152. The summed E-state index contributed by atoms with van der Waals surface area (Å²) >= 11 is 0. The highest BCUT2D eigenvalue weighted by Gasteiger charge is 2.59. The lowest BCUT2D eigenvalue weighted by Gasteiger charge is -2.25. The molecule has 0 radical (unpaired) electrons. The summed E-state index contributed by atoms with van der Waals surface area (Å²) in [6, 6.07) is 2.16. The number of carbonyl (C=O) groups excluding carboxylic acids is 1. The van der Waals surface area contributed by atoms with Crippen molar-refractivity contribution in [2.24, 2.45) is 11.8 Å². The van der Waals surface area contributed by atoms with E-state index < -0.39 is 0 Å². The molecular weight excluding hydrogens is 366 g/mol. The zero-order valence-electron chi connectivity index (χ0n) is 16.4. The van der Waals surface area contributed by atoms with Gasteiger partial charge in [0.05, 0.1) is 5.56 Å². The Morgan fingerprint density at radius 1 is 1.38 bits per heavy atom. The Labute approximate surface area is 169 Å². The van der Waals surface area contributed by atoms with Gasteiger partial charge < -0.3 is 14.4 Å². The lowest BCUT2D eigenvalue weighted by atomic mass is 10.1. The van der Waals surface area contributed by atoms with Gasteiger partial charge in [0.1, 0.15) is 12.1 Å². The number of hydrogen-bond acceptors (Lipinski definition) is 5. The monoisotopic (exact) mass is 389 g/mol. The Hall–Kier alpha value is -3.22. The third-order valence-corrected chi connectivity index (χ3v) is 6.39. The second-order valence-corrected chi connectivity index (χ2v) is 7.99. The molecule has 3 aliphatic rings. The number of pyridine rings is 1. The molecule has 1 aliphatic heterocycles.